The molecule has 0 bridgehead atoms. The summed E-state index contributed by atoms with van der Waals surface area (Å²) in [5, 5.41) is 5.80. The van der Waals surface area contributed by atoms with E-state index in [2.05, 4.69) is 20.3 Å². The summed E-state index contributed by atoms with van der Waals surface area (Å²) < 4.78 is 31.0. The van der Waals surface area contributed by atoms with Crippen LogP contribution in [-0.2, 0) is 19.6 Å². The number of hydrogen-bond acceptors (Lipinski definition) is 6. The number of rotatable bonds is 8. The van der Waals surface area contributed by atoms with E-state index in [4.69, 9.17) is 4.74 Å². The number of methoxy groups -OCH3 is 1. The van der Waals surface area contributed by atoms with Crippen molar-refractivity contribution in [2.45, 2.75) is 4.90 Å². The number of fused-ring (bicyclic) bond motifs is 1. The second-order valence-electron chi connectivity index (χ2n) is 4.86. The second kappa shape index (κ2) is 9.58. The maximum absolute atomic E-state index is 11.9. The predicted octanol–water partition coefficient (Wildman–Crippen LogP) is -0.501. The van der Waals surface area contributed by atoms with Crippen LogP contribution in [-0.4, -0.2) is 60.1 Å². The summed E-state index contributed by atoms with van der Waals surface area (Å²) in [5.74, 6) is -0.0661. The molecule has 0 unspecified atom stereocenters. The minimum Gasteiger partial charge on any atom is -0.383 e. The van der Waals surface area contributed by atoms with E-state index in [1.54, 1.807) is 25.3 Å². The van der Waals surface area contributed by atoms with Gasteiger partial charge in [0, 0.05) is 32.3 Å². The SMILES string of the molecule is COCCNCCNC(=O)CN=C1NS(=O)(=O)c2ccccc21.Cl. The Labute approximate surface area is 147 Å². The highest BCUT2D eigenvalue weighted by atomic mass is 35.5. The molecule has 0 radical (unpaired) electrons. The highest BCUT2D eigenvalue weighted by Gasteiger charge is 2.30. The molecule has 8 nitrogen and oxygen atoms in total. The third-order valence-electron chi connectivity index (χ3n) is 3.15. The van der Waals surface area contributed by atoms with E-state index in [1.807, 2.05) is 0 Å². The quantitative estimate of drug-likeness (QED) is 0.530. The van der Waals surface area contributed by atoms with Gasteiger partial charge in [0.1, 0.15) is 12.4 Å². The molecular weight excluding hydrogens is 356 g/mol. The molecule has 1 aromatic rings. The summed E-state index contributed by atoms with van der Waals surface area (Å²) in [5.41, 5.74) is 0.488. The first kappa shape index (κ1) is 20.4. The van der Waals surface area contributed by atoms with Crippen molar-refractivity contribution in [1.29, 1.82) is 0 Å². The standard InChI is InChI=1S/C14H20N4O4S.ClH/c1-22-9-8-15-6-7-16-13(19)10-17-14-11-4-2-3-5-12(11)23(20,21)18-14;/h2-5,15H,6-10H2,1H3,(H,16,19)(H,17,18);1H. The van der Waals surface area contributed by atoms with Crippen LogP contribution < -0.4 is 15.4 Å². The highest BCUT2D eigenvalue weighted by Crippen LogP contribution is 2.21. The van der Waals surface area contributed by atoms with E-state index in [0.29, 0.717) is 31.8 Å². The van der Waals surface area contributed by atoms with E-state index in [0.717, 1.165) is 0 Å². The lowest BCUT2D eigenvalue weighted by Crippen LogP contribution is -2.34. The van der Waals surface area contributed by atoms with E-state index in [1.165, 1.54) is 6.07 Å². The molecule has 1 aliphatic rings. The molecule has 1 heterocycles. The van der Waals surface area contributed by atoms with Gasteiger partial charge in [-0.25, -0.2) is 8.42 Å². The number of nitrogens with zero attached hydrogens (tertiary/aromatic N) is 1. The number of nitrogens with one attached hydrogen (secondary N) is 3. The van der Waals surface area contributed by atoms with E-state index >= 15 is 0 Å². The molecular formula is C14H21ClN4O4S. The van der Waals surface area contributed by atoms with Gasteiger partial charge in [-0.05, 0) is 12.1 Å². The molecule has 0 saturated carbocycles. The lowest BCUT2D eigenvalue weighted by Gasteiger charge is -2.05. The lowest BCUT2D eigenvalue weighted by atomic mass is 10.2. The number of benzene rings is 1. The zero-order valence-electron chi connectivity index (χ0n) is 13.2. The minimum absolute atomic E-state index is 0. The molecule has 134 valence electrons. The van der Waals surface area contributed by atoms with E-state index in [9.17, 15) is 13.2 Å². The fourth-order valence-corrected chi connectivity index (χ4v) is 3.30. The molecule has 0 saturated heterocycles. The molecule has 0 fully saturated rings. The van der Waals surface area contributed by atoms with Gasteiger partial charge in [-0.3, -0.25) is 14.5 Å². The van der Waals surface area contributed by atoms with Crippen molar-refractivity contribution in [3.8, 4) is 0 Å². The zero-order chi connectivity index (χ0) is 16.7. The Morgan fingerprint density at radius 2 is 2.00 bits per heavy atom. The van der Waals surface area contributed by atoms with Crippen LogP contribution in [0.4, 0.5) is 0 Å². The first-order valence-corrected chi connectivity index (χ1v) is 8.66. The van der Waals surface area contributed by atoms with Crippen LogP contribution in [0, 0.1) is 0 Å². The maximum atomic E-state index is 11.9. The molecule has 1 aliphatic heterocycles. The smallest absolute Gasteiger partial charge is 0.263 e. The van der Waals surface area contributed by atoms with Crippen molar-refractivity contribution >= 4 is 34.2 Å². The number of ether oxygens (including phenoxy) is 1. The Morgan fingerprint density at radius 1 is 1.25 bits per heavy atom. The van der Waals surface area contributed by atoms with Gasteiger partial charge >= 0.3 is 0 Å². The van der Waals surface area contributed by atoms with Gasteiger partial charge in [0.05, 0.1) is 11.5 Å². The molecule has 0 spiro atoms. The molecule has 10 heteroatoms. The predicted molar refractivity (Wildman–Crippen MR) is 93.2 cm³/mol. The van der Waals surface area contributed by atoms with Gasteiger partial charge in [-0.1, -0.05) is 12.1 Å². The largest absolute Gasteiger partial charge is 0.383 e. The number of sulfonamides is 1. The second-order valence-corrected chi connectivity index (χ2v) is 6.51. The van der Waals surface area contributed by atoms with Gasteiger partial charge in [-0.2, -0.15) is 0 Å². The van der Waals surface area contributed by atoms with Crippen molar-refractivity contribution in [1.82, 2.24) is 15.4 Å². The van der Waals surface area contributed by atoms with Gasteiger partial charge in [0.15, 0.2) is 0 Å². The Kier molecular flexibility index (Phi) is 8.13. The van der Waals surface area contributed by atoms with Crippen LogP contribution in [0.2, 0.25) is 0 Å². The van der Waals surface area contributed by atoms with Crippen LogP contribution >= 0.6 is 12.4 Å². The first-order chi connectivity index (χ1) is 11.0. The van der Waals surface area contributed by atoms with Crippen LogP contribution in [0.15, 0.2) is 34.2 Å². The van der Waals surface area contributed by atoms with Crippen molar-refractivity contribution in [3.05, 3.63) is 29.8 Å². The van der Waals surface area contributed by atoms with Crippen molar-refractivity contribution < 1.29 is 17.9 Å². The van der Waals surface area contributed by atoms with Crippen LogP contribution in [0.3, 0.4) is 0 Å². The number of aliphatic imine (C=N–C) groups is 1. The zero-order valence-corrected chi connectivity index (χ0v) is 14.9. The van der Waals surface area contributed by atoms with Crippen molar-refractivity contribution in [3.63, 3.8) is 0 Å². The van der Waals surface area contributed by atoms with Crippen LogP contribution in [0.1, 0.15) is 5.56 Å². The Morgan fingerprint density at radius 3 is 2.75 bits per heavy atom. The van der Waals surface area contributed by atoms with Gasteiger partial charge in [-0.15, -0.1) is 12.4 Å². The number of amides is 1. The van der Waals surface area contributed by atoms with E-state index < -0.39 is 10.0 Å². The molecule has 0 aliphatic carbocycles. The summed E-state index contributed by atoms with van der Waals surface area (Å²) in [6.45, 7) is 2.29. The number of halogens is 1. The minimum atomic E-state index is -3.57. The fourth-order valence-electron chi connectivity index (χ4n) is 2.05. The monoisotopic (exact) mass is 376 g/mol. The van der Waals surface area contributed by atoms with E-state index in [-0.39, 0.29) is 35.6 Å². The molecule has 1 amide bonds. The topological polar surface area (TPSA) is 109 Å². The Balaban J connectivity index is 0.00000288. The Bertz CT molecular complexity index is 694. The van der Waals surface area contributed by atoms with Crippen LogP contribution in [0.25, 0.3) is 0 Å². The lowest BCUT2D eigenvalue weighted by molar-refractivity contribution is -0.119. The van der Waals surface area contributed by atoms with Gasteiger partial charge in [0.25, 0.3) is 10.0 Å². The normalized spacial score (nSPS) is 16.1. The summed E-state index contributed by atoms with van der Waals surface area (Å²) in [6.07, 6.45) is 0. The third-order valence-corrected chi connectivity index (χ3v) is 4.55. The van der Waals surface area contributed by atoms with Crippen LogP contribution in [0.5, 0.6) is 0 Å². The number of hydrogen-bond donors (Lipinski definition) is 3. The number of amidine groups is 1. The molecule has 2 rings (SSSR count). The summed E-state index contributed by atoms with van der Waals surface area (Å²) in [6, 6.07) is 6.53. The number of carbonyl (C=O) groups is 1. The maximum Gasteiger partial charge on any atom is 0.263 e. The van der Waals surface area contributed by atoms with Gasteiger partial charge in [0.2, 0.25) is 5.91 Å². The molecule has 1 aromatic carbocycles. The number of carbonyl (C=O) groups excluding carboxylic acids is 1. The Hall–Kier alpha value is -1.68. The van der Waals surface area contributed by atoms with Crippen molar-refractivity contribution in [2.75, 3.05) is 39.9 Å². The fraction of sp³-hybridized carbons (Fsp3) is 0.429. The molecule has 24 heavy (non-hydrogen) atoms. The highest BCUT2D eigenvalue weighted by molar-refractivity contribution is 7.90. The first-order valence-electron chi connectivity index (χ1n) is 7.17. The van der Waals surface area contributed by atoms with Gasteiger partial charge < -0.3 is 15.4 Å². The molecule has 0 aromatic heterocycles. The molecule has 0 atom stereocenters. The van der Waals surface area contributed by atoms with Crippen molar-refractivity contribution in [2.24, 2.45) is 4.99 Å². The summed E-state index contributed by atoms with van der Waals surface area (Å²) in [4.78, 5) is 16.0. The third kappa shape index (κ3) is 5.45. The summed E-state index contributed by atoms with van der Waals surface area (Å²) in [7, 11) is -1.94. The average Bonchev–Trinajstić information content (AvgIpc) is 2.80. The average molecular weight is 377 g/mol. The summed E-state index contributed by atoms with van der Waals surface area (Å²) >= 11 is 0. The molecule has 3 N–H and O–H groups in total.